The number of nitrogens with one attached hydrogen (secondary N) is 3. The summed E-state index contributed by atoms with van der Waals surface area (Å²) in [6, 6.07) is 15.6. The molecule has 1 fully saturated rings. The molecule has 1 aromatic heterocycles. The van der Waals surface area contributed by atoms with E-state index in [9.17, 15) is 14.4 Å². The van der Waals surface area contributed by atoms with Crippen molar-refractivity contribution < 1.29 is 14.4 Å². The van der Waals surface area contributed by atoms with Crippen LogP contribution < -0.4 is 16.0 Å². The molecule has 8 nitrogen and oxygen atoms in total. The number of anilines is 1. The average Bonchev–Trinajstić information content (AvgIpc) is 3.14. The van der Waals surface area contributed by atoms with Gasteiger partial charge in [0.1, 0.15) is 6.04 Å². The summed E-state index contributed by atoms with van der Waals surface area (Å²) >= 11 is 0. The van der Waals surface area contributed by atoms with Gasteiger partial charge in [-0.3, -0.25) is 24.8 Å². The first kappa shape index (κ1) is 15.8. The highest BCUT2D eigenvalue weighted by atomic mass is 16.2. The third-order valence-corrected chi connectivity index (χ3v) is 4.07. The van der Waals surface area contributed by atoms with E-state index < -0.39 is 23.9 Å². The molecule has 1 unspecified atom stereocenters. The maximum Gasteiger partial charge on any atom is 0.322 e. The number of benzene rings is 2. The van der Waals surface area contributed by atoms with Gasteiger partial charge in [0, 0.05) is 5.69 Å². The molecular formula is C18H15N5O3. The van der Waals surface area contributed by atoms with Crippen LogP contribution in [0.15, 0.2) is 54.6 Å². The molecule has 2 heterocycles. The van der Waals surface area contributed by atoms with Crippen LogP contribution >= 0.6 is 0 Å². The monoisotopic (exact) mass is 349 g/mol. The summed E-state index contributed by atoms with van der Waals surface area (Å²) in [5.41, 5.74) is 2.43. The van der Waals surface area contributed by atoms with E-state index >= 15 is 0 Å². The third kappa shape index (κ3) is 2.88. The molecule has 0 radical (unpaired) electrons. The summed E-state index contributed by atoms with van der Waals surface area (Å²) in [4.78, 5) is 39.6. The van der Waals surface area contributed by atoms with Crippen LogP contribution in [0.5, 0.6) is 0 Å². The Hall–Kier alpha value is -3.68. The minimum Gasteiger partial charge on any atom is -0.325 e. The topological polar surface area (TPSA) is 105 Å². The largest absolute Gasteiger partial charge is 0.325 e. The Bertz CT molecular complexity index is 1010. The number of carbonyl (C=O) groups excluding carboxylic acids is 3. The molecule has 1 saturated heterocycles. The molecule has 26 heavy (non-hydrogen) atoms. The molecule has 0 bridgehead atoms. The SMILES string of the molecule is O=C(CC1NC(=O)NC1=O)Nc1nc2ccccc2n1-c1ccccc1. The summed E-state index contributed by atoms with van der Waals surface area (Å²) in [7, 11) is 0. The Balaban J connectivity index is 1.65. The van der Waals surface area contributed by atoms with Gasteiger partial charge in [-0.2, -0.15) is 0 Å². The van der Waals surface area contributed by atoms with E-state index in [-0.39, 0.29) is 6.42 Å². The number of para-hydroxylation sites is 3. The lowest BCUT2D eigenvalue weighted by Gasteiger charge is -2.11. The van der Waals surface area contributed by atoms with Crippen molar-refractivity contribution in [2.24, 2.45) is 0 Å². The van der Waals surface area contributed by atoms with E-state index in [0.29, 0.717) is 5.95 Å². The van der Waals surface area contributed by atoms with Crippen LogP contribution in [0.2, 0.25) is 0 Å². The van der Waals surface area contributed by atoms with E-state index in [1.54, 1.807) is 0 Å². The molecule has 1 aliphatic rings. The summed E-state index contributed by atoms with van der Waals surface area (Å²) in [6.07, 6.45) is -0.171. The molecule has 8 heteroatoms. The van der Waals surface area contributed by atoms with Crippen molar-refractivity contribution in [1.29, 1.82) is 0 Å². The quantitative estimate of drug-likeness (QED) is 0.622. The standard InChI is InChI=1S/C18H15N5O3/c24-15(10-13-16(25)22-18(26)20-13)21-17-19-12-8-4-5-9-14(12)23(17)11-6-2-1-3-7-11/h1-9,13H,10H2,(H,19,21,24)(H2,20,22,25,26). The number of imidazole rings is 1. The number of hydrogen-bond donors (Lipinski definition) is 3. The summed E-state index contributed by atoms with van der Waals surface area (Å²) in [6.45, 7) is 0. The summed E-state index contributed by atoms with van der Waals surface area (Å²) in [5, 5.41) is 7.25. The molecule has 2 aromatic carbocycles. The van der Waals surface area contributed by atoms with Crippen LogP contribution in [-0.2, 0) is 9.59 Å². The summed E-state index contributed by atoms with van der Waals surface area (Å²) in [5.74, 6) is -0.575. The lowest BCUT2D eigenvalue weighted by molar-refractivity contribution is -0.124. The molecule has 0 aliphatic carbocycles. The van der Waals surface area contributed by atoms with Crippen LogP contribution in [0.4, 0.5) is 10.7 Å². The minimum absolute atomic E-state index is 0.171. The second-order valence-corrected chi connectivity index (χ2v) is 5.86. The van der Waals surface area contributed by atoms with E-state index in [1.807, 2.05) is 59.2 Å². The third-order valence-electron chi connectivity index (χ3n) is 4.07. The van der Waals surface area contributed by atoms with Crippen LogP contribution in [-0.4, -0.2) is 33.4 Å². The zero-order valence-corrected chi connectivity index (χ0v) is 13.6. The van der Waals surface area contributed by atoms with Gasteiger partial charge in [-0.05, 0) is 24.3 Å². The van der Waals surface area contributed by atoms with E-state index in [1.165, 1.54) is 0 Å². The first-order valence-electron chi connectivity index (χ1n) is 8.06. The van der Waals surface area contributed by atoms with Crippen molar-refractivity contribution >= 4 is 34.8 Å². The second-order valence-electron chi connectivity index (χ2n) is 5.86. The molecule has 1 atom stereocenters. The predicted octanol–water partition coefficient (Wildman–Crippen LogP) is 1.56. The van der Waals surface area contributed by atoms with Crippen LogP contribution in [0.1, 0.15) is 6.42 Å². The van der Waals surface area contributed by atoms with Crippen LogP contribution in [0.3, 0.4) is 0 Å². The lowest BCUT2D eigenvalue weighted by atomic mass is 10.2. The van der Waals surface area contributed by atoms with Gasteiger partial charge in [0.2, 0.25) is 11.9 Å². The Morgan fingerprint density at radius 3 is 2.54 bits per heavy atom. The Morgan fingerprint density at radius 1 is 1.08 bits per heavy atom. The Kier molecular flexibility index (Phi) is 3.85. The molecule has 3 aromatic rings. The fraction of sp³-hybridized carbons (Fsp3) is 0.111. The number of amides is 4. The van der Waals surface area contributed by atoms with E-state index in [0.717, 1.165) is 16.7 Å². The number of aromatic nitrogens is 2. The van der Waals surface area contributed by atoms with Gasteiger partial charge < -0.3 is 5.32 Å². The maximum atomic E-state index is 12.4. The van der Waals surface area contributed by atoms with Crippen LogP contribution in [0.25, 0.3) is 16.7 Å². The molecule has 3 N–H and O–H groups in total. The van der Waals surface area contributed by atoms with Gasteiger partial charge in [-0.15, -0.1) is 0 Å². The molecule has 4 amide bonds. The zero-order chi connectivity index (χ0) is 18.1. The van der Waals surface area contributed by atoms with Crippen molar-refractivity contribution in [3.05, 3.63) is 54.6 Å². The summed E-state index contributed by atoms with van der Waals surface area (Å²) < 4.78 is 1.83. The zero-order valence-electron chi connectivity index (χ0n) is 13.6. The van der Waals surface area contributed by atoms with Crippen molar-refractivity contribution in [3.63, 3.8) is 0 Å². The predicted molar refractivity (Wildman–Crippen MR) is 94.8 cm³/mol. The molecule has 130 valence electrons. The van der Waals surface area contributed by atoms with E-state index in [4.69, 9.17) is 0 Å². The fourth-order valence-corrected chi connectivity index (χ4v) is 2.91. The van der Waals surface area contributed by atoms with Gasteiger partial charge in [-0.1, -0.05) is 30.3 Å². The van der Waals surface area contributed by atoms with Gasteiger partial charge in [0.15, 0.2) is 0 Å². The van der Waals surface area contributed by atoms with E-state index in [2.05, 4.69) is 20.9 Å². The van der Waals surface area contributed by atoms with Crippen molar-refractivity contribution in [1.82, 2.24) is 20.2 Å². The van der Waals surface area contributed by atoms with Crippen molar-refractivity contribution in [3.8, 4) is 5.69 Å². The second kappa shape index (κ2) is 6.32. The molecule has 0 spiro atoms. The normalized spacial score (nSPS) is 16.4. The van der Waals surface area contributed by atoms with Gasteiger partial charge in [0.25, 0.3) is 5.91 Å². The molecular weight excluding hydrogens is 334 g/mol. The first-order chi connectivity index (χ1) is 12.6. The average molecular weight is 349 g/mol. The highest BCUT2D eigenvalue weighted by Crippen LogP contribution is 2.24. The highest BCUT2D eigenvalue weighted by Gasteiger charge is 2.31. The molecule has 0 saturated carbocycles. The number of hydrogen-bond acceptors (Lipinski definition) is 4. The Morgan fingerprint density at radius 2 is 1.81 bits per heavy atom. The number of fused-ring (bicyclic) bond motifs is 1. The van der Waals surface area contributed by atoms with Crippen molar-refractivity contribution in [2.75, 3.05) is 5.32 Å². The van der Waals surface area contributed by atoms with Gasteiger partial charge in [-0.25, -0.2) is 9.78 Å². The maximum absolute atomic E-state index is 12.4. The Labute approximate surface area is 148 Å². The fourth-order valence-electron chi connectivity index (χ4n) is 2.91. The van der Waals surface area contributed by atoms with Crippen LogP contribution in [0, 0.1) is 0 Å². The van der Waals surface area contributed by atoms with Gasteiger partial charge in [0.05, 0.1) is 17.5 Å². The first-order valence-corrected chi connectivity index (χ1v) is 8.06. The van der Waals surface area contributed by atoms with Crippen molar-refractivity contribution in [2.45, 2.75) is 12.5 Å². The number of imide groups is 1. The van der Waals surface area contributed by atoms with Gasteiger partial charge >= 0.3 is 6.03 Å². The molecule has 4 rings (SSSR count). The smallest absolute Gasteiger partial charge is 0.322 e. The lowest BCUT2D eigenvalue weighted by Crippen LogP contribution is -2.33. The molecule has 1 aliphatic heterocycles. The number of nitrogens with zero attached hydrogens (tertiary/aromatic N) is 2. The number of rotatable bonds is 4. The number of urea groups is 1. The number of carbonyl (C=O) groups is 3. The minimum atomic E-state index is -0.878. The highest BCUT2D eigenvalue weighted by molar-refractivity contribution is 6.06.